The Kier molecular flexibility index (Phi) is 7.96. The number of thioether (sulfide) groups is 1. The van der Waals surface area contributed by atoms with Crippen molar-refractivity contribution in [2.45, 2.75) is 26.6 Å². The molecule has 1 aliphatic heterocycles. The van der Waals surface area contributed by atoms with E-state index in [1.54, 1.807) is 32.1 Å². The molecular weight excluding hydrogens is 550 g/mol. The highest BCUT2D eigenvalue weighted by Gasteiger charge is 2.36. The molecule has 0 bridgehead atoms. The van der Waals surface area contributed by atoms with Crippen molar-refractivity contribution in [2.75, 3.05) is 6.54 Å². The monoisotopic (exact) mass is 567 g/mol. The number of amides is 2. The topological polar surface area (TPSA) is 72.9 Å². The smallest absolute Gasteiger partial charge is 0.326 e. The van der Waals surface area contributed by atoms with Gasteiger partial charge in [0.05, 0.1) is 20.0 Å². The van der Waals surface area contributed by atoms with Gasteiger partial charge in [-0.05, 0) is 86.8 Å². The zero-order valence-corrected chi connectivity index (χ0v) is 20.8. The molecule has 2 aromatic carbocycles. The molecule has 2 aromatic rings. The SMILES string of the molecule is CC(C)OC(=O)CN1C(=O)S/C(=C/c2cc(Br)c(OCc3ccccc3)c(Br)c2)C1=O. The van der Waals surface area contributed by atoms with Crippen molar-refractivity contribution in [3.8, 4) is 5.75 Å². The lowest BCUT2D eigenvalue weighted by Gasteiger charge is -2.13. The molecule has 0 aliphatic carbocycles. The first kappa shape index (κ1) is 23.6. The van der Waals surface area contributed by atoms with Crippen LogP contribution in [0.1, 0.15) is 25.0 Å². The van der Waals surface area contributed by atoms with E-state index in [0.717, 1.165) is 22.2 Å². The van der Waals surface area contributed by atoms with Crippen LogP contribution in [0.2, 0.25) is 0 Å². The molecule has 0 radical (unpaired) electrons. The number of imide groups is 1. The first-order valence-electron chi connectivity index (χ1n) is 9.35. The van der Waals surface area contributed by atoms with Crippen LogP contribution in [0.5, 0.6) is 5.75 Å². The Morgan fingerprint density at radius 2 is 1.77 bits per heavy atom. The molecule has 31 heavy (non-hydrogen) atoms. The van der Waals surface area contributed by atoms with Crippen LogP contribution >= 0.6 is 43.6 Å². The lowest BCUT2D eigenvalue weighted by molar-refractivity contribution is -0.149. The average Bonchev–Trinajstić information content (AvgIpc) is 2.95. The maximum absolute atomic E-state index is 12.6. The molecule has 1 aliphatic rings. The summed E-state index contributed by atoms with van der Waals surface area (Å²) in [5.41, 5.74) is 1.73. The van der Waals surface area contributed by atoms with Crippen molar-refractivity contribution in [1.29, 1.82) is 0 Å². The second-order valence-corrected chi connectivity index (χ2v) is 9.60. The van der Waals surface area contributed by atoms with E-state index in [2.05, 4.69) is 31.9 Å². The number of rotatable bonds is 7. The highest BCUT2D eigenvalue weighted by molar-refractivity contribution is 9.11. The fraction of sp³-hybridized carbons (Fsp3) is 0.227. The third kappa shape index (κ3) is 6.21. The summed E-state index contributed by atoms with van der Waals surface area (Å²) in [4.78, 5) is 37.8. The fourth-order valence-corrected chi connectivity index (χ4v) is 5.04. The highest BCUT2D eigenvalue weighted by Crippen LogP contribution is 2.38. The molecule has 162 valence electrons. The van der Waals surface area contributed by atoms with E-state index in [4.69, 9.17) is 9.47 Å². The van der Waals surface area contributed by atoms with E-state index in [-0.39, 0.29) is 11.0 Å². The normalized spacial score (nSPS) is 15.1. The van der Waals surface area contributed by atoms with Gasteiger partial charge in [0.1, 0.15) is 18.9 Å². The molecule has 0 aromatic heterocycles. The summed E-state index contributed by atoms with van der Waals surface area (Å²) >= 11 is 7.79. The van der Waals surface area contributed by atoms with Gasteiger partial charge in [0, 0.05) is 0 Å². The fourth-order valence-electron chi connectivity index (χ4n) is 2.75. The third-order valence-corrected chi connectivity index (χ3v) is 6.16. The summed E-state index contributed by atoms with van der Waals surface area (Å²) in [5, 5.41) is -0.502. The molecule has 0 atom stereocenters. The molecule has 0 saturated carbocycles. The molecule has 2 amide bonds. The predicted molar refractivity (Wildman–Crippen MR) is 127 cm³/mol. The van der Waals surface area contributed by atoms with Gasteiger partial charge in [0.25, 0.3) is 11.1 Å². The number of carbonyl (C=O) groups excluding carboxylic acids is 3. The van der Waals surface area contributed by atoms with Gasteiger partial charge in [-0.25, -0.2) is 0 Å². The summed E-state index contributed by atoms with van der Waals surface area (Å²) in [6, 6.07) is 13.4. The lowest BCUT2D eigenvalue weighted by Crippen LogP contribution is -2.35. The molecule has 1 fully saturated rings. The van der Waals surface area contributed by atoms with Crippen LogP contribution in [0.3, 0.4) is 0 Å². The first-order chi connectivity index (χ1) is 14.7. The van der Waals surface area contributed by atoms with Crippen LogP contribution < -0.4 is 4.74 Å². The van der Waals surface area contributed by atoms with Gasteiger partial charge in [0.15, 0.2) is 0 Å². The first-order valence-corrected chi connectivity index (χ1v) is 11.8. The minimum Gasteiger partial charge on any atom is -0.487 e. The summed E-state index contributed by atoms with van der Waals surface area (Å²) in [6.07, 6.45) is 1.29. The van der Waals surface area contributed by atoms with Crippen LogP contribution in [-0.2, 0) is 20.9 Å². The Balaban J connectivity index is 1.73. The molecule has 6 nitrogen and oxygen atoms in total. The Bertz CT molecular complexity index is 1020. The van der Waals surface area contributed by atoms with Gasteiger partial charge in [-0.2, -0.15) is 0 Å². The van der Waals surface area contributed by atoms with Crippen molar-refractivity contribution in [3.05, 3.63) is 67.4 Å². The molecule has 0 spiro atoms. The van der Waals surface area contributed by atoms with Gasteiger partial charge < -0.3 is 9.47 Å². The third-order valence-electron chi connectivity index (χ3n) is 4.07. The molecule has 3 rings (SSSR count). The maximum Gasteiger partial charge on any atom is 0.326 e. The lowest BCUT2D eigenvalue weighted by atomic mass is 10.2. The molecule has 0 unspecified atom stereocenters. The second-order valence-electron chi connectivity index (χ2n) is 6.89. The number of ether oxygens (including phenoxy) is 2. The van der Waals surface area contributed by atoms with Crippen molar-refractivity contribution in [3.63, 3.8) is 0 Å². The number of nitrogens with zero attached hydrogens (tertiary/aromatic N) is 1. The minimum atomic E-state index is -0.621. The Labute approximate surface area is 201 Å². The van der Waals surface area contributed by atoms with E-state index < -0.39 is 23.7 Å². The number of hydrogen-bond donors (Lipinski definition) is 0. The zero-order valence-electron chi connectivity index (χ0n) is 16.8. The average molecular weight is 569 g/mol. The standard InChI is InChI=1S/C22H19Br2NO5S/c1-13(2)30-19(26)11-25-21(27)18(31-22(25)28)10-15-8-16(23)20(17(24)9-15)29-12-14-6-4-3-5-7-14/h3-10,13H,11-12H2,1-2H3/b18-10+. The van der Waals surface area contributed by atoms with E-state index in [0.29, 0.717) is 26.9 Å². The Morgan fingerprint density at radius 3 is 2.39 bits per heavy atom. The van der Waals surface area contributed by atoms with Crippen molar-refractivity contribution in [2.24, 2.45) is 0 Å². The van der Waals surface area contributed by atoms with Crippen molar-refractivity contribution < 1.29 is 23.9 Å². The summed E-state index contributed by atoms with van der Waals surface area (Å²) in [5.74, 6) is -0.512. The van der Waals surface area contributed by atoms with E-state index >= 15 is 0 Å². The number of halogens is 2. The summed E-state index contributed by atoms with van der Waals surface area (Å²) in [7, 11) is 0. The number of benzene rings is 2. The van der Waals surface area contributed by atoms with Gasteiger partial charge in [-0.15, -0.1) is 0 Å². The van der Waals surface area contributed by atoms with Crippen molar-refractivity contribution >= 4 is 66.8 Å². The number of carbonyl (C=O) groups is 3. The zero-order chi connectivity index (χ0) is 22.5. The predicted octanol–water partition coefficient (Wildman–Crippen LogP) is 5.78. The summed E-state index contributed by atoms with van der Waals surface area (Å²) < 4.78 is 12.3. The molecule has 9 heteroatoms. The van der Waals surface area contributed by atoms with E-state index in [1.807, 2.05) is 30.3 Å². The number of esters is 1. The van der Waals surface area contributed by atoms with Gasteiger partial charge in [0.2, 0.25) is 0 Å². The Morgan fingerprint density at radius 1 is 1.13 bits per heavy atom. The van der Waals surface area contributed by atoms with Gasteiger partial charge in [-0.3, -0.25) is 19.3 Å². The van der Waals surface area contributed by atoms with Gasteiger partial charge in [-0.1, -0.05) is 30.3 Å². The van der Waals surface area contributed by atoms with Crippen LogP contribution in [0, 0.1) is 0 Å². The highest BCUT2D eigenvalue weighted by atomic mass is 79.9. The molecule has 0 N–H and O–H groups in total. The van der Waals surface area contributed by atoms with Crippen LogP contribution in [0.15, 0.2) is 56.3 Å². The summed E-state index contributed by atoms with van der Waals surface area (Å²) in [6.45, 7) is 3.41. The van der Waals surface area contributed by atoms with Crippen LogP contribution in [-0.4, -0.2) is 34.7 Å². The molecule has 1 heterocycles. The maximum atomic E-state index is 12.6. The molecule has 1 saturated heterocycles. The Hall–Kier alpha value is -2.10. The number of hydrogen-bond acceptors (Lipinski definition) is 6. The molecular formula is C22H19Br2NO5S. The quantitative estimate of drug-likeness (QED) is 0.311. The van der Waals surface area contributed by atoms with Crippen LogP contribution in [0.4, 0.5) is 4.79 Å². The second kappa shape index (κ2) is 10.5. The van der Waals surface area contributed by atoms with E-state index in [9.17, 15) is 14.4 Å². The van der Waals surface area contributed by atoms with Gasteiger partial charge >= 0.3 is 5.97 Å². The minimum absolute atomic E-state index is 0.235. The van der Waals surface area contributed by atoms with E-state index in [1.165, 1.54) is 0 Å². The van der Waals surface area contributed by atoms with Crippen LogP contribution in [0.25, 0.3) is 6.08 Å². The van der Waals surface area contributed by atoms with Crippen molar-refractivity contribution in [1.82, 2.24) is 4.90 Å². The largest absolute Gasteiger partial charge is 0.487 e.